The lowest BCUT2D eigenvalue weighted by atomic mass is 10.1. The Bertz CT molecular complexity index is 1130. The molecule has 4 rings (SSSR count). The quantitative estimate of drug-likeness (QED) is 0.589. The Morgan fingerprint density at radius 3 is 2.67 bits per heavy atom. The first-order chi connectivity index (χ1) is 15.8. The third-order valence-electron chi connectivity index (χ3n) is 5.48. The van der Waals surface area contributed by atoms with Crippen molar-refractivity contribution >= 4 is 17.6 Å². The first kappa shape index (κ1) is 22.5. The molecule has 1 aliphatic rings. The number of hydrogen-bond acceptors (Lipinski definition) is 4. The number of nitrogens with zero attached hydrogens (tertiary/aromatic N) is 4. The van der Waals surface area contributed by atoms with Crippen molar-refractivity contribution in [2.45, 2.75) is 32.1 Å². The first-order valence-electron chi connectivity index (χ1n) is 10.4. The van der Waals surface area contributed by atoms with Gasteiger partial charge in [0.25, 0.3) is 0 Å². The van der Waals surface area contributed by atoms with Crippen LogP contribution in [0, 0.1) is 5.92 Å². The predicted octanol–water partition coefficient (Wildman–Crippen LogP) is 3.53. The Balaban J connectivity index is 1.31. The molecule has 2 amide bonds. The summed E-state index contributed by atoms with van der Waals surface area (Å²) in [4.78, 5) is 30.4. The lowest BCUT2D eigenvalue weighted by Gasteiger charge is -2.17. The van der Waals surface area contributed by atoms with Crippen LogP contribution in [-0.2, 0) is 35.3 Å². The second kappa shape index (κ2) is 9.43. The maximum atomic E-state index is 12.9. The molecule has 0 spiro atoms. The molecule has 0 bridgehead atoms. The Labute approximate surface area is 188 Å². The molecule has 1 unspecified atom stereocenters. The monoisotopic (exact) mass is 457 g/mol. The van der Waals surface area contributed by atoms with Gasteiger partial charge in [-0.05, 0) is 41.8 Å². The average molecular weight is 457 g/mol. The van der Waals surface area contributed by atoms with E-state index in [1.807, 2.05) is 12.1 Å². The van der Waals surface area contributed by atoms with Crippen LogP contribution in [0.25, 0.3) is 0 Å². The second-order valence-electron chi connectivity index (χ2n) is 7.93. The number of nitrogens with one attached hydrogen (secondary N) is 1. The fraction of sp³-hybridized carbons (Fsp3) is 0.304. The van der Waals surface area contributed by atoms with Crippen LogP contribution in [0.15, 0.2) is 61.1 Å². The van der Waals surface area contributed by atoms with Crippen LogP contribution in [0.3, 0.4) is 0 Å². The maximum absolute atomic E-state index is 12.9. The van der Waals surface area contributed by atoms with E-state index in [1.54, 1.807) is 29.3 Å². The van der Waals surface area contributed by atoms with Crippen LogP contribution in [0.4, 0.5) is 19.0 Å². The Morgan fingerprint density at radius 1 is 1.12 bits per heavy atom. The van der Waals surface area contributed by atoms with Crippen molar-refractivity contribution < 1.29 is 22.8 Å². The minimum absolute atomic E-state index is 0.00749. The highest BCUT2D eigenvalue weighted by Crippen LogP contribution is 2.30. The molecule has 172 valence electrons. The van der Waals surface area contributed by atoms with Gasteiger partial charge >= 0.3 is 6.18 Å². The minimum Gasteiger partial charge on any atom is -0.338 e. The summed E-state index contributed by atoms with van der Waals surface area (Å²) in [5.74, 6) is -0.812. The van der Waals surface area contributed by atoms with Gasteiger partial charge in [0.1, 0.15) is 0 Å². The van der Waals surface area contributed by atoms with Gasteiger partial charge in [0.15, 0.2) is 5.82 Å². The molecule has 1 N–H and O–H groups in total. The summed E-state index contributed by atoms with van der Waals surface area (Å²) in [6.45, 7) is 0.798. The summed E-state index contributed by atoms with van der Waals surface area (Å²) < 4.78 is 40.5. The number of anilines is 1. The average Bonchev–Trinajstić information content (AvgIpc) is 3.39. The van der Waals surface area contributed by atoms with E-state index in [0.29, 0.717) is 17.9 Å². The molecule has 0 saturated carbocycles. The third-order valence-corrected chi connectivity index (χ3v) is 5.48. The van der Waals surface area contributed by atoms with E-state index in [9.17, 15) is 22.8 Å². The van der Waals surface area contributed by atoms with Gasteiger partial charge in [0.2, 0.25) is 11.8 Å². The summed E-state index contributed by atoms with van der Waals surface area (Å²) in [6, 6.07) is 10.4. The summed E-state index contributed by atoms with van der Waals surface area (Å²) in [7, 11) is 0. The lowest BCUT2D eigenvalue weighted by molar-refractivity contribution is -0.137. The number of benzene rings is 1. The van der Waals surface area contributed by atoms with Crippen molar-refractivity contribution in [2.24, 2.45) is 5.92 Å². The molecule has 10 heteroatoms. The second-order valence-corrected chi connectivity index (χ2v) is 7.93. The van der Waals surface area contributed by atoms with Crippen LogP contribution in [0.1, 0.15) is 23.1 Å². The van der Waals surface area contributed by atoms with Crippen molar-refractivity contribution in [3.8, 4) is 0 Å². The zero-order valence-electron chi connectivity index (χ0n) is 17.6. The Hall–Kier alpha value is -3.69. The molecule has 1 saturated heterocycles. The molecule has 1 aromatic carbocycles. The molecule has 33 heavy (non-hydrogen) atoms. The standard InChI is InChI=1S/C23H22F3N5O2/c24-23(25,26)19-3-1-2-17(12-19)14-30-15-18(13-21(30)32)22(33)28-20-7-11-31(29-20)10-6-16-4-8-27-9-5-16/h1-5,7-9,11-12,18H,6,10,13-15H2,(H,28,29,33). The van der Waals surface area contributed by atoms with E-state index < -0.39 is 17.7 Å². The number of rotatable bonds is 7. The van der Waals surface area contributed by atoms with Gasteiger partial charge in [0.05, 0.1) is 11.5 Å². The zero-order valence-corrected chi connectivity index (χ0v) is 17.6. The fourth-order valence-corrected chi connectivity index (χ4v) is 3.74. The number of amides is 2. The van der Waals surface area contributed by atoms with E-state index in [0.717, 1.165) is 24.1 Å². The molecule has 1 atom stereocenters. The first-order valence-corrected chi connectivity index (χ1v) is 10.4. The molecule has 0 radical (unpaired) electrons. The van der Waals surface area contributed by atoms with Crippen molar-refractivity contribution in [1.29, 1.82) is 0 Å². The molecule has 2 aromatic heterocycles. The lowest BCUT2D eigenvalue weighted by Crippen LogP contribution is -2.28. The summed E-state index contributed by atoms with van der Waals surface area (Å²) in [6.07, 6.45) is 1.53. The molecular formula is C23H22F3N5O2. The molecule has 0 aliphatic carbocycles. The van der Waals surface area contributed by atoms with Gasteiger partial charge < -0.3 is 10.2 Å². The highest BCUT2D eigenvalue weighted by Gasteiger charge is 2.35. The Kier molecular flexibility index (Phi) is 6.43. The van der Waals surface area contributed by atoms with Gasteiger partial charge in [-0.25, -0.2) is 0 Å². The molecular weight excluding hydrogens is 435 g/mol. The number of hydrogen-bond donors (Lipinski definition) is 1. The van der Waals surface area contributed by atoms with E-state index in [2.05, 4.69) is 15.4 Å². The van der Waals surface area contributed by atoms with Gasteiger partial charge in [-0.15, -0.1) is 0 Å². The minimum atomic E-state index is -4.45. The summed E-state index contributed by atoms with van der Waals surface area (Å²) in [5.41, 5.74) is 0.726. The van der Waals surface area contributed by atoms with Gasteiger partial charge in [-0.1, -0.05) is 12.1 Å². The van der Waals surface area contributed by atoms with Gasteiger partial charge in [0, 0.05) is 50.7 Å². The molecule has 1 aliphatic heterocycles. The summed E-state index contributed by atoms with van der Waals surface area (Å²) in [5, 5.41) is 7.07. The number of alkyl halides is 3. The fourth-order valence-electron chi connectivity index (χ4n) is 3.74. The van der Waals surface area contributed by atoms with E-state index in [-0.39, 0.29) is 31.3 Å². The largest absolute Gasteiger partial charge is 0.416 e. The molecule has 3 heterocycles. The van der Waals surface area contributed by atoms with Crippen LogP contribution < -0.4 is 5.32 Å². The Morgan fingerprint density at radius 2 is 1.91 bits per heavy atom. The third kappa shape index (κ3) is 5.76. The van der Waals surface area contributed by atoms with E-state index in [1.165, 1.54) is 17.0 Å². The van der Waals surface area contributed by atoms with E-state index in [4.69, 9.17) is 0 Å². The number of pyridine rings is 1. The van der Waals surface area contributed by atoms with Crippen LogP contribution in [0.5, 0.6) is 0 Å². The number of aromatic nitrogens is 3. The van der Waals surface area contributed by atoms with Gasteiger partial charge in [-0.3, -0.25) is 19.3 Å². The van der Waals surface area contributed by atoms with Crippen LogP contribution >= 0.6 is 0 Å². The molecule has 7 nitrogen and oxygen atoms in total. The number of carbonyl (C=O) groups is 2. The maximum Gasteiger partial charge on any atom is 0.416 e. The van der Waals surface area contributed by atoms with Crippen molar-refractivity contribution in [3.05, 3.63) is 77.7 Å². The zero-order chi connectivity index (χ0) is 23.4. The van der Waals surface area contributed by atoms with Crippen LogP contribution in [0.2, 0.25) is 0 Å². The van der Waals surface area contributed by atoms with Crippen LogP contribution in [-0.4, -0.2) is 38.0 Å². The smallest absolute Gasteiger partial charge is 0.338 e. The number of halogens is 3. The number of aryl methyl sites for hydroxylation is 2. The summed E-state index contributed by atoms with van der Waals surface area (Å²) >= 11 is 0. The van der Waals surface area contributed by atoms with Crippen molar-refractivity contribution in [1.82, 2.24) is 19.7 Å². The number of likely N-dealkylation sites (tertiary alicyclic amines) is 1. The molecule has 1 fully saturated rings. The topological polar surface area (TPSA) is 80.1 Å². The highest BCUT2D eigenvalue weighted by molar-refractivity contribution is 5.96. The normalized spacial score (nSPS) is 16.3. The molecule has 3 aromatic rings. The van der Waals surface area contributed by atoms with Crippen molar-refractivity contribution in [3.63, 3.8) is 0 Å². The predicted molar refractivity (Wildman–Crippen MR) is 114 cm³/mol. The van der Waals surface area contributed by atoms with E-state index >= 15 is 0 Å². The van der Waals surface area contributed by atoms with Gasteiger partial charge in [-0.2, -0.15) is 18.3 Å². The van der Waals surface area contributed by atoms with Crippen molar-refractivity contribution in [2.75, 3.05) is 11.9 Å². The highest BCUT2D eigenvalue weighted by atomic mass is 19.4. The number of carbonyl (C=O) groups excluding carboxylic acids is 2. The SMILES string of the molecule is O=C(Nc1ccn(CCc2ccncc2)n1)C1CC(=O)N(Cc2cccc(C(F)(F)F)c2)C1.